The predicted molar refractivity (Wildman–Crippen MR) is 34.9 cm³/mol. The van der Waals surface area contributed by atoms with E-state index in [4.69, 9.17) is 16.0 Å². The summed E-state index contributed by atoms with van der Waals surface area (Å²) in [6.07, 6.45) is 6.26. The molecule has 2 rings (SSSR count). The quantitative estimate of drug-likeness (QED) is 0.430. The van der Waals surface area contributed by atoms with Gasteiger partial charge in [0, 0.05) is 0 Å². The molecule has 5 nitrogen and oxygen atoms in total. The molecule has 0 aromatic carbocycles. The Bertz CT molecular complexity index is 434. The molecule has 0 atom stereocenters. The van der Waals surface area contributed by atoms with Gasteiger partial charge in [-0.1, -0.05) is 4.85 Å². The lowest BCUT2D eigenvalue weighted by molar-refractivity contribution is 0.150. The van der Waals surface area contributed by atoms with Gasteiger partial charge in [-0.2, -0.15) is 0 Å². The first-order chi connectivity index (χ1) is 5.33. The van der Waals surface area contributed by atoms with Crippen LogP contribution in [0.3, 0.4) is 0 Å². The van der Waals surface area contributed by atoms with Gasteiger partial charge in [-0.3, -0.25) is 0 Å². The molecule has 2 aromatic rings. The Kier molecular flexibility index (Phi) is 0.928. The molecule has 0 aliphatic heterocycles. The van der Waals surface area contributed by atoms with Crippen molar-refractivity contribution in [1.82, 2.24) is 14.9 Å². The fraction of sp³-hybridized carbons (Fsp3) is 0. The summed E-state index contributed by atoms with van der Waals surface area (Å²) in [5.41, 5.74) is 0.837. The van der Waals surface area contributed by atoms with Crippen LogP contribution in [-0.2, 0) is 0 Å². The summed E-state index contributed by atoms with van der Waals surface area (Å²) in [5.74, 6) is 2.26. The van der Waals surface area contributed by atoms with Crippen LogP contribution in [0.5, 0.6) is 0 Å². The van der Waals surface area contributed by atoms with Crippen molar-refractivity contribution in [2.45, 2.75) is 0 Å². The molecule has 5 heteroatoms. The van der Waals surface area contributed by atoms with Gasteiger partial charge in [-0.25, -0.2) is 4.98 Å². The number of terminal acetylenes is 1. The van der Waals surface area contributed by atoms with Crippen molar-refractivity contribution in [2.24, 2.45) is 0 Å². The van der Waals surface area contributed by atoms with E-state index in [1.165, 1.54) is 6.39 Å². The first-order valence-corrected chi connectivity index (χ1v) is 2.81. The summed E-state index contributed by atoms with van der Waals surface area (Å²) in [7, 11) is 0. The largest absolute Gasteiger partial charge is 0.423 e. The Morgan fingerprint density at radius 2 is 2.55 bits per heavy atom. The molecule has 0 fully saturated rings. The minimum Gasteiger partial charge on any atom is -0.423 e. The predicted octanol–water partition coefficient (Wildman–Crippen LogP) is 0.243. The Morgan fingerprint density at radius 1 is 1.73 bits per heavy atom. The molecule has 2 heterocycles. The average molecular weight is 149 g/mol. The average Bonchev–Trinajstić information content (AvgIpc) is 2.54. The fourth-order valence-electron chi connectivity index (χ4n) is 0.829. The van der Waals surface area contributed by atoms with Crippen molar-refractivity contribution in [3.05, 3.63) is 12.1 Å². The Morgan fingerprint density at radius 3 is 3.27 bits per heavy atom. The standard InChI is InChI=1S/C6H3N3O2/c1-2-4-5-6(9(10)8-4)11-3-7-5/h1,3,10H. The SMILES string of the molecule is C#Cc1nn(O)c2ocnc12. The zero-order valence-corrected chi connectivity index (χ0v) is 5.35. The molecule has 54 valence electrons. The van der Waals surface area contributed by atoms with E-state index in [-0.39, 0.29) is 11.4 Å². The number of hydrogen-bond acceptors (Lipinski definition) is 4. The van der Waals surface area contributed by atoms with Gasteiger partial charge < -0.3 is 9.62 Å². The Hall–Kier alpha value is -1.96. The number of oxazole rings is 1. The maximum atomic E-state index is 8.99. The van der Waals surface area contributed by atoms with Gasteiger partial charge in [0.05, 0.1) is 0 Å². The molecule has 11 heavy (non-hydrogen) atoms. The van der Waals surface area contributed by atoms with E-state index < -0.39 is 0 Å². The summed E-state index contributed by atoms with van der Waals surface area (Å²) in [4.78, 5) is 4.32. The van der Waals surface area contributed by atoms with Crippen LogP contribution < -0.4 is 0 Å². The molecule has 2 aromatic heterocycles. The Labute approximate surface area is 61.2 Å². The molecular formula is C6H3N3O2. The summed E-state index contributed by atoms with van der Waals surface area (Å²) >= 11 is 0. The highest BCUT2D eigenvalue weighted by Crippen LogP contribution is 2.13. The third-order valence-corrected chi connectivity index (χ3v) is 1.29. The lowest BCUT2D eigenvalue weighted by atomic mass is 10.4. The maximum absolute atomic E-state index is 8.99. The van der Waals surface area contributed by atoms with Crippen LogP contribution in [0.1, 0.15) is 5.69 Å². The van der Waals surface area contributed by atoms with E-state index in [0.29, 0.717) is 10.4 Å². The first-order valence-electron chi connectivity index (χ1n) is 2.81. The monoisotopic (exact) mass is 149 g/mol. The molecule has 0 aliphatic carbocycles. The summed E-state index contributed by atoms with van der Waals surface area (Å²) in [6.45, 7) is 0. The highest BCUT2D eigenvalue weighted by atomic mass is 16.5. The van der Waals surface area contributed by atoms with Crippen LogP contribution in [0, 0.1) is 12.3 Å². The van der Waals surface area contributed by atoms with Gasteiger partial charge in [-0.15, -0.1) is 11.5 Å². The molecule has 0 spiro atoms. The van der Waals surface area contributed by atoms with Gasteiger partial charge in [0.1, 0.15) is 0 Å². The number of rotatable bonds is 0. The second-order valence-corrected chi connectivity index (χ2v) is 1.89. The molecule has 0 saturated carbocycles. The van der Waals surface area contributed by atoms with Crippen molar-refractivity contribution in [3.63, 3.8) is 0 Å². The third kappa shape index (κ3) is 0.604. The zero-order valence-electron chi connectivity index (χ0n) is 5.35. The van der Waals surface area contributed by atoms with E-state index in [0.717, 1.165) is 0 Å². The smallest absolute Gasteiger partial charge is 0.284 e. The van der Waals surface area contributed by atoms with Crippen molar-refractivity contribution in [2.75, 3.05) is 0 Å². The molecular weight excluding hydrogens is 146 g/mol. The second kappa shape index (κ2) is 1.76. The van der Waals surface area contributed by atoms with E-state index in [1.807, 2.05) is 0 Å². The first kappa shape index (κ1) is 5.80. The summed E-state index contributed by atoms with van der Waals surface area (Å²) < 4.78 is 4.77. The third-order valence-electron chi connectivity index (χ3n) is 1.29. The minimum atomic E-state index is 0.165. The zero-order chi connectivity index (χ0) is 7.84. The normalized spacial score (nSPS) is 10.1. The highest BCUT2D eigenvalue weighted by Gasteiger charge is 2.11. The minimum absolute atomic E-state index is 0.165. The van der Waals surface area contributed by atoms with Gasteiger partial charge in [0.2, 0.25) is 0 Å². The lowest BCUT2D eigenvalue weighted by Gasteiger charge is -1.81. The maximum Gasteiger partial charge on any atom is 0.284 e. The second-order valence-electron chi connectivity index (χ2n) is 1.89. The van der Waals surface area contributed by atoms with E-state index in [2.05, 4.69) is 16.0 Å². The summed E-state index contributed by atoms with van der Waals surface area (Å²) in [6, 6.07) is 0. The van der Waals surface area contributed by atoms with E-state index in [9.17, 15) is 0 Å². The van der Waals surface area contributed by atoms with Crippen molar-refractivity contribution >= 4 is 11.2 Å². The van der Waals surface area contributed by atoms with Gasteiger partial charge >= 0.3 is 0 Å². The molecule has 0 radical (unpaired) electrons. The van der Waals surface area contributed by atoms with Crippen molar-refractivity contribution < 1.29 is 9.62 Å². The van der Waals surface area contributed by atoms with Gasteiger partial charge in [-0.05, 0) is 5.92 Å². The highest BCUT2D eigenvalue weighted by molar-refractivity contribution is 5.74. The molecule has 0 saturated heterocycles. The number of aromatic nitrogens is 3. The van der Waals surface area contributed by atoms with Gasteiger partial charge in [0.15, 0.2) is 17.6 Å². The molecule has 0 aliphatic rings. The molecule has 0 unspecified atom stereocenters. The molecule has 1 N–H and O–H groups in total. The molecule has 0 bridgehead atoms. The topological polar surface area (TPSA) is 64.1 Å². The Balaban J connectivity index is 2.94. The van der Waals surface area contributed by atoms with Crippen molar-refractivity contribution in [1.29, 1.82) is 0 Å². The number of fused-ring (bicyclic) bond motifs is 1. The van der Waals surface area contributed by atoms with Crippen molar-refractivity contribution in [3.8, 4) is 12.3 Å². The van der Waals surface area contributed by atoms with Crippen LogP contribution in [-0.4, -0.2) is 20.1 Å². The number of hydrogen-bond donors (Lipinski definition) is 1. The van der Waals surface area contributed by atoms with Crippen LogP contribution in [0.4, 0.5) is 0 Å². The van der Waals surface area contributed by atoms with Crippen LogP contribution in [0.25, 0.3) is 11.2 Å². The van der Waals surface area contributed by atoms with E-state index >= 15 is 0 Å². The van der Waals surface area contributed by atoms with Gasteiger partial charge in [0.25, 0.3) is 5.71 Å². The van der Waals surface area contributed by atoms with E-state index in [1.54, 1.807) is 0 Å². The van der Waals surface area contributed by atoms with Crippen LogP contribution in [0.2, 0.25) is 0 Å². The van der Waals surface area contributed by atoms with Crippen LogP contribution in [0.15, 0.2) is 10.8 Å². The number of nitrogens with zero attached hydrogens (tertiary/aromatic N) is 3. The molecule has 0 amide bonds. The lowest BCUT2D eigenvalue weighted by Crippen LogP contribution is -1.90. The summed E-state index contributed by atoms with van der Waals surface area (Å²) in [5, 5.41) is 12.5. The van der Waals surface area contributed by atoms with Crippen LogP contribution >= 0.6 is 0 Å². The fourth-order valence-corrected chi connectivity index (χ4v) is 0.829.